The highest BCUT2D eigenvalue weighted by atomic mass is 19.1. The summed E-state index contributed by atoms with van der Waals surface area (Å²) < 4.78 is 13.6. The lowest BCUT2D eigenvalue weighted by molar-refractivity contribution is 0.320. The molecule has 1 saturated heterocycles. The van der Waals surface area contributed by atoms with Crippen LogP contribution >= 0.6 is 0 Å². The fraction of sp³-hybridized carbons (Fsp3) is 0.625. The summed E-state index contributed by atoms with van der Waals surface area (Å²) in [5.74, 6) is -0.145. The van der Waals surface area contributed by atoms with Gasteiger partial charge in [-0.1, -0.05) is 6.07 Å². The van der Waals surface area contributed by atoms with Crippen molar-refractivity contribution in [2.45, 2.75) is 31.2 Å². The minimum absolute atomic E-state index is 0.00377. The van der Waals surface area contributed by atoms with E-state index in [0.29, 0.717) is 6.54 Å². The van der Waals surface area contributed by atoms with Crippen molar-refractivity contribution in [3.63, 3.8) is 0 Å². The van der Waals surface area contributed by atoms with Crippen LogP contribution < -0.4 is 10.6 Å². The van der Waals surface area contributed by atoms with E-state index in [1.807, 2.05) is 6.07 Å². The van der Waals surface area contributed by atoms with Gasteiger partial charge in [-0.3, -0.25) is 0 Å². The van der Waals surface area contributed by atoms with E-state index in [-0.39, 0.29) is 11.4 Å². The van der Waals surface area contributed by atoms with Crippen molar-refractivity contribution in [3.8, 4) is 0 Å². The Morgan fingerprint density at radius 1 is 1.25 bits per heavy atom. The number of benzene rings is 1. The molecule has 0 saturated carbocycles. The third-order valence-electron chi connectivity index (χ3n) is 5.04. The molecule has 0 amide bonds. The maximum atomic E-state index is 13.6. The van der Waals surface area contributed by atoms with Crippen molar-refractivity contribution in [3.05, 3.63) is 29.6 Å². The summed E-state index contributed by atoms with van der Waals surface area (Å²) in [5, 5.41) is 0. The molecule has 4 heteroatoms. The maximum Gasteiger partial charge on any atom is 0.125 e. The van der Waals surface area contributed by atoms with Crippen LogP contribution in [0.1, 0.15) is 24.8 Å². The Kier molecular flexibility index (Phi) is 3.69. The van der Waals surface area contributed by atoms with Crippen molar-refractivity contribution >= 4 is 5.69 Å². The highest BCUT2D eigenvalue weighted by Gasteiger charge is 2.39. The van der Waals surface area contributed by atoms with E-state index in [9.17, 15) is 4.39 Å². The van der Waals surface area contributed by atoms with Crippen LogP contribution in [0.25, 0.3) is 0 Å². The number of hydrogen-bond acceptors (Lipinski definition) is 3. The molecule has 110 valence electrons. The van der Waals surface area contributed by atoms with Gasteiger partial charge in [-0.15, -0.1) is 0 Å². The SMILES string of the molecule is CN1CCCC(CN)(N2CCc3ccc(F)cc32)CC1. The minimum Gasteiger partial charge on any atom is -0.364 e. The Labute approximate surface area is 120 Å². The fourth-order valence-corrected chi connectivity index (χ4v) is 3.74. The second-order valence-electron chi connectivity index (χ2n) is 6.26. The predicted octanol–water partition coefficient (Wildman–Crippen LogP) is 2.00. The molecule has 2 aliphatic rings. The summed E-state index contributed by atoms with van der Waals surface area (Å²) in [4.78, 5) is 4.77. The van der Waals surface area contributed by atoms with Crippen molar-refractivity contribution in [1.29, 1.82) is 0 Å². The van der Waals surface area contributed by atoms with Gasteiger partial charge in [0.25, 0.3) is 0 Å². The zero-order valence-electron chi connectivity index (χ0n) is 12.2. The number of nitrogens with two attached hydrogens (primary N) is 1. The van der Waals surface area contributed by atoms with Gasteiger partial charge >= 0.3 is 0 Å². The zero-order valence-corrected chi connectivity index (χ0v) is 12.2. The molecule has 0 radical (unpaired) electrons. The molecule has 1 aromatic rings. The van der Waals surface area contributed by atoms with Crippen LogP contribution in [0.2, 0.25) is 0 Å². The second-order valence-corrected chi connectivity index (χ2v) is 6.26. The lowest BCUT2D eigenvalue weighted by Gasteiger charge is -2.42. The summed E-state index contributed by atoms with van der Waals surface area (Å²) in [7, 11) is 2.17. The molecule has 0 aliphatic carbocycles. The first kappa shape index (κ1) is 13.8. The Hall–Kier alpha value is -1.13. The summed E-state index contributed by atoms with van der Waals surface area (Å²) >= 11 is 0. The average Bonchev–Trinajstić information content (AvgIpc) is 2.76. The smallest absolute Gasteiger partial charge is 0.125 e. The molecule has 3 rings (SSSR count). The number of nitrogens with zero attached hydrogens (tertiary/aromatic N) is 2. The van der Waals surface area contributed by atoms with Gasteiger partial charge in [0.15, 0.2) is 0 Å². The quantitative estimate of drug-likeness (QED) is 0.897. The summed E-state index contributed by atoms with van der Waals surface area (Å²) in [5.41, 5.74) is 8.51. The number of hydrogen-bond donors (Lipinski definition) is 1. The van der Waals surface area contributed by atoms with E-state index in [1.54, 1.807) is 12.1 Å². The van der Waals surface area contributed by atoms with Crippen LogP contribution in [0.4, 0.5) is 10.1 Å². The van der Waals surface area contributed by atoms with E-state index >= 15 is 0 Å². The number of halogens is 1. The number of likely N-dealkylation sites (tertiary alicyclic amines) is 1. The molecule has 1 aromatic carbocycles. The van der Waals surface area contributed by atoms with Crippen molar-refractivity contribution in [2.24, 2.45) is 5.73 Å². The molecule has 1 fully saturated rings. The summed E-state index contributed by atoms with van der Waals surface area (Å²) in [6.45, 7) is 3.82. The Morgan fingerprint density at radius 3 is 2.90 bits per heavy atom. The first-order chi connectivity index (χ1) is 9.64. The lowest BCUT2D eigenvalue weighted by Crippen LogP contribution is -2.54. The molecule has 0 aromatic heterocycles. The third kappa shape index (κ3) is 2.31. The van der Waals surface area contributed by atoms with Gasteiger partial charge in [0.1, 0.15) is 5.82 Å². The molecule has 1 atom stereocenters. The van der Waals surface area contributed by atoms with Crippen molar-refractivity contribution < 1.29 is 4.39 Å². The highest BCUT2D eigenvalue weighted by Crippen LogP contribution is 2.38. The molecular formula is C16H24FN3. The monoisotopic (exact) mass is 277 g/mol. The number of fused-ring (bicyclic) bond motifs is 1. The van der Waals surface area contributed by atoms with E-state index in [2.05, 4.69) is 16.8 Å². The Morgan fingerprint density at radius 2 is 2.10 bits per heavy atom. The first-order valence-corrected chi connectivity index (χ1v) is 7.59. The standard InChI is InChI=1S/C16H24FN3/c1-19-8-2-6-16(12-18,7-10-19)20-9-5-13-3-4-14(17)11-15(13)20/h3-4,11H,2,5-10,12,18H2,1H3. The lowest BCUT2D eigenvalue weighted by atomic mass is 9.88. The van der Waals surface area contributed by atoms with Gasteiger partial charge in [0.2, 0.25) is 0 Å². The Balaban J connectivity index is 1.93. The topological polar surface area (TPSA) is 32.5 Å². The average molecular weight is 277 g/mol. The van der Waals surface area contributed by atoms with E-state index in [0.717, 1.165) is 51.0 Å². The van der Waals surface area contributed by atoms with Crippen LogP contribution in [0, 0.1) is 5.82 Å². The molecule has 1 unspecified atom stereocenters. The van der Waals surface area contributed by atoms with E-state index < -0.39 is 0 Å². The summed E-state index contributed by atoms with van der Waals surface area (Å²) in [6, 6.07) is 5.18. The van der Waals surface area contributed by atoms with Crippen LogP contribution in [0.15, 0.2) is 18.2 Å². The Bertz CT molecular complexity index is 491. The molecule has 2 aliphatic heterocycles. The van der Waals surface area contributed by atoms with Gasteiger partial charge in [-0.2, -0.15) is 0 Å². The molecular weight excluding hydrogens is 253 g/mol. The van der Waals surface area contributed by atoms with Crippen LogP contribution in [-0.2, 0) is 6.42 Å². The predicted molar refractivity (Wildman–Crippen MR) is 80.6 cm³/mol. The molecule has 2 heterocycles. The van der Waals surface area contributed by atoms with Crippen LogP contribution in [0.3, 0.4) is 0 Å². The van der Waals surface area contributed by atoms with Crippen LogP contribution in [-0.4, -0.2) is 43.7 Å². The van der Waals surface area contributed by atoms with Crippen LogP contribution in [0.5, 0.6) is 0 Å². The van der Waals surface area contributed by atoms with Gasteiger partial charge in [0.05, 0.1) is 5.54 Å². The maximum absolute atomic E-state index is 13.6. The number of rotatable bonds is 2. The van der Waals surface area contributed by atoms with E-state index in [4.69, 9.17) is 5.73 Å². The molecule has 2 N–H and O–H groups in total. The largest absolute Gasteiger partial charge is 0.364 e. The molecule has 20 heavy (non-hydrogen) atoms. The molecule has 3 nitrogen and oxygen atoms in total. The van der Waals surface area contributed by atoms with Crippen molar-refractivity contribution in [1.82, 2.24) is 4.90 Å². The third-order valence-corrected chi connectivity index (χ3v) is 5.04. The zero-order chi connectivity index (χ0) is 14.2. The van der Waals surface area contributed by atoms with E-state index in [1.165, 1.54) is 5.56 Å². The minimum atomic E-state index is -0.145. The first-order valence-electron chi connectivity index (χ1n) is 7.59. The van der Waals surface area contributed by atoms with Gasteiger partial charge < -0.3 is 15.5 Å². The van der Waals surface area contributed by atoms with Gasteiger partial charge in [-0.25, -0.2) is 4.39 Å². The van der Waals surface area contributed by atoms with Gasteiger partial charge in [0, 0.05) is 25.3 Å². The molecule has 0 bridgehead atoms. The normalized spacial score (nSPS) is 27.4. The van der Waals surface area contributed by atoms with Crippen molar-refractivity contribution in [2.75, 3.05) is 38.1 Å². The summed E-state index contributed by atoms with van der Waals surface area (Å²) in [6.07, 6.45) is 4.34. The fourth-order valence-electron chi connectivity index (χ4n) is 3.74. The van der Waals surface area contributed by atoms with Gasteiger partial charge in [-0.05, 0) is 57.0 Å². The molecule has 0 spiro atoms. The second kappa shape index (κ2) is 5.34. The highest BCUT2D eigenvalue weighted by molar-refractivity contribution is 5.60. The number of anilines is 1.